The molecule has 1 amide bonds. The van der Waals surface area contributed by atoms with Crippen LogP contribution in [0.5, 0.6) is 0 Å². The van der Waals surface area contributed by atoms with Crippen molar-refractivity contribution in [3.63, 3.8) is 0 Å². The number of alkyl halides is 1. The summed E-state index contributed by atoms with van der Waals surface area (Å²) < 4.78 is 5.13. The Morgan fingerprint density at radius 1 is 1.75 bits per heavy atom. The molecule has 0 spiro atoms. The van der Waals surface area contributed by atoms with Gasteiger partial charge >= 0.3 is 6.09 Å². The summed E-state index contributed by atoms with van der Waals surface area (Å²) in [5.74, 6) is 0.253. The van der Waals surface area contributed by atoms with Crippen molar-refractivity contribution >= 4 is 28.7 Å². The molecule has 12 heavy (non-hydrogen) atoms. The number of allylic oxidation sites excluding steroid dienone is 1. The molecule has 2 atom stereocenters. The smallest absolute Gasteiger partial charge is 0.404 e. The number of hydrogen-bond acceptors (Lipinski definition) is 2. The van der Waals surface area contributed by atoms with Gasteiger partial charge in [-0.3, -0.25) is 0 Å². The summed E-state index contributed by atoms with van der Waals surface area (Å²) in [6.07, 6.45) is 3.26. The Hall–Kier alpha value is -0.260. The first-order valence-electron chi connectivity index (χ1n) is 3.77. The summed E-state index contributed by atoms with van der Waals surface area (Å²) in [5, 5.41) is 0. The third-order valence-corrected chi connectivity index (χ3v) is 2.37. The van der Waals surface area contributed by atoms with E-state index in [1.54, 1.807) is 0 Å². The number of primary amides is 1. The van der Waals surface area contributed by atoms with Crippen LogP contribution < -0.4 is 5.73 Å². The molecular formula is C8H14INO2. The quantitative estimate of drug-likeness (QED) is 0.488. The summed E-state index contributed by atoms with van der Waals surface area (Å²) in [7, 11) is 0. The van der Waals surface area contributed by atoms with Gasteiger partial charge in [-0.1, -0.05) is 41.7 Å². The van der Waals surface area contributed by atoms with E-state index in [0.29, 0.717) is 10.5 Å². The number of carbonyl (C=O) groups is 1. The fraction of sp³-hybridized carbons (Fsp3) is 0.625. The summed E-state index contributed by atoms with van der Waals surface area (Å²) in [6.45, 7) is 4.37. The molecule has 0 aromatic heterocycles. The molecule has 0 heterocycles. The van der Waals surface area contributed by atoms with E-state index in [-0.39, 0.29) is 5.92 Å². The Bertz CT molecular complexity index is 168. The third kappa shape index (κ3) is 5.40. The highest BCUT2D eigenvalue weighted by atomic mass is 127. The van der Waals surface area contributed by atoms with Gasteiger partial charge in [-0.05, 0) is 6.92 Å². The van der Waals surface area contributed by atoms with Crippen molar-refractivity contribution in [3.05, 3.63) is 12.2 Å². The SMILES string of the molecule is C/C=C\C(COC(N)=O)C(C)I. The Morgan fingerprint density at radius 2 is 2.33 bits per heavy atom. The molecule has 0 aromatic rings. The molecule has 0 rings (SSSR count). The molecule has 0 saturated carbocycles. The zero-order valence-electron chi connectivity index (χ0n) is 7.29. The molecule has 0 aliphatic heterocycles. The van der Waals surface area contributed by atoms with E-state index in [1.165, 1.54) is 0 Å². The second-order valence-electron chi connectivity index (χ2n) is 2.50. The first kappa shape index (κ1) is 11.7. The van der Waals surface area contributed by atoms with Gasteiger partial charge in [0.2, 0.25) is 0 Å². The van der Waals surface area contributed by atoms with Gasteiger partial charge in [0.25, 0.3) is 0 Å². The highest BCUT2D eigenvalue weighted by Crippen LogP contribution is 2.14. The van der Waals surface area contributed by atoms with Crippen LogP contribution in [0.4, 0.5) is 4.79 Å². The Morgan fingerprint density at radius 3 is 2.67 bits per heavy atom. The molecule has 0 fully saturated rings. The summed E-state index contributed by atoms with van der Waals surface area (Å²) in [6, 6.07) is 0. The topological polar surface area (TPSA) is 52.3 Å². The number of rotatable bonds is 4. The van der Waals surface area contributed by atoms with Crippen LogP contribution in [-0.2, 0) is 4.74 Å². The maximum Gasteiger partial charge on any atom is 0.404 e. The monoisotopic (exact) mass is 283 g/mol. The van der Waals surface area contributed by atoms with Crippen molar-refractivity contribution in [3.8, 4) is 0 Å². The minimum absolute atomic E-state index is 0.253. The fourth-order valence-corrected chi connectivity index (χ4v) is 1.21. The maximum atomic E-state index is 10.3. The third-order valence-electron chi connectivity index (χ3n) is 1.45. The molecule has 0 bridgehead atoms. The summed E-state index contributed by atoms with van der Waals surface area (Å²) in [5.41, 5.74) is 4.85. The highest BCUT2D eigenvalue weighted by Gasteiger charge is 2.12. The van der Waals surface area contributed by atoms with E-state index in [9.17, 15) is 4.79 Å². The molecule has 0 aliphatic rings. The van der Waals surface area contributed by atoms with Crippen LogP contribution in [-0.4, -0.2) is 16.6 Å². The number of halogens is 1. The van der Waals surface area contributed by atoms with Crippen molar-refractivity contribution in [2.45, 2.75) is 17.8 Å². The molecule has 0 radical (unpaired) electrons. The molecule has 0 aliphatic carbocycles. The number of nitrogens with two attached hydrogens (primary N) is 1. The van der Waals surface area contributed by atoms with Crippen LogP contribution >= 0.6 is 22.6 Å². The van der Waals surface area contributed by atoms with Crippen LogP contribution in [0.1, 0.15) is 13.8 Å². The Labute approximate surface area is 86.5 Å². The van der Waals surface area contributed by atoms with Gasteiger partial charge in [0.15, 0.2) is 0 Å². The molecule has 2 unspecified atom stereocenters. The second-order valence-corrected chi connectivity index (χ2v) is 4.46. The Balaban J connectivity index is 3.87. The average molecular weight is 283 g/mol. The predicted molar refractivity (Wildman–Crippen MR) is 57.3 cm³/mol. The minimum atomic E-state index is -0.707. The average Bonchev–Trinajstić information content (AvgIpc) is 1.96. The van der Waals surface area contributed by atoms with E-state index in [1.807, 2.05) is 19.1 Å². The van der Waals surface area contributed by atoms with Crippen LogP contribution in [0.3, 0.4) is 0 Å². The van der Waals surface area contributed by atoms with Gasteiger partial charge in [0, 0.05) is 9.84 Å². The van der Waals surface area contributed by atoms with E-state index >= 15 is 0 Å². The lowest BCUT2D eigenvalue weighted by Gasteiger charge is -2.14. The zero-order valence-corrected chi connectivity index (χ0v) is 9.45. The van der Waals surface area contributed by atoms with Crippen molar-refractivity contribution in [1.29, 1.82) is 0 Å². The lowest BCUT2D eigenvalue weighted by atomic mass is 10.1. The van der Waals surface area contributed by atoms with Crippen molar-refractivity contribution in [2.24, 2.45) is 11.7 Å². The van der Waals surface area contributed by atoms with Crippen LogP contribution in [0.25, 0.3) is 0 Å². The number of hydrogen-bond donors (Lipinski definition) is 1. The lowest BCUT2D eigenvalue weighted by molar-refractivity contribution is 0.145. The molecule has 70 valence electrons. The highest BCUT2D eigenvalue weighted by molar-refractivity contribution is 14.1. The van der Waals surface area contributed by atoms with Crippen molar-refractivity contribution in [1.82, 2.24) is 0 Å². The Kier molecular flexibility index (Phi) is 6.14. The van der Waals surface area contributed by atoms with Crippen LogP contribution in [0.15, 0.2) is 12.2 Å². The minimum Gasteiger partial charge on any atom is -0.449 e. The van der Waals surface area contributed by atoms with Gasteiger partial charge in [-0.25, -0.2) is 4.79 Å². The molecule has 0 aromatic carbocycles. The van der Waals surface area contributed by atoms with Gasteiger partial charge < -0.3 is 10.5 Å². The van der Waals surface area contributed by atoms with Crippen molar-refractivity contribution < 1.29 is 9.53 Å². The first-order chi connectivity index (χ1) is 5.57. The van der Waals surface area contributed by atoms with Crippen molar-refractivity contribution in [2.75, 3.05) is 6.61 Å². The standard InChI is InChI=1S/C8H14INO2/c1-3-4-7(6(2)9)5-12-8(10)11/h3-4,6-7H,5H2,1-2H3,(H2,10,11)/b4-3-. The largest absolute Gasteiger partial charge is 0.449 e. The maximum absolute atomic E-state index is 10.3. The van der Waals surface area contributed by atoms with Gasteiger partial charge in [0.05, 0.1) is 0 Å². The summed E-state index contributed by atoms with van der Waals surface area (Å²) in [4.78, 5) is 10.3. The lowest BCUT2D eigenvalue weighted by Crippen LogP contribution is -2.21. The molecular weight excluding hydrogens is 269 g/mol. The summed E-state index contributed by atoms with van der Waals surface area (Å²) >= 11 is 2.29. The van der Waals surface area contributed by atoms with Gasteiger partial charge in [-0.2, -0.15) is 0 Å². The number of ether oxygens (including phenoxy) is 1. The van der Waals surface area contributed by atoms with Gasteiger partial charge in [0.1, 0.15) is 6.61 Å². The normalized spacial score (nSPS) is 15.9. The van der Waals surface area contributed by atoms with Crippen LogP contribution in [0, 0.1) is 5.92 Å². The molecule has 0 saturated heterocycles. The first-order valence-corrected chi connectivity index (χ1v) is 5.01. The van der Waals surface area contributed by atoms with Crippen LogP contribution in [0.2, 0.25) is 0 Å². The van der Waals surface area contributed by atoms with E-state index in [0.717, 1.165) is 0 Å². The zero-order chi connectivity index (χ0) is 9.56. The molecule has 2 N–H and O–H groups in total. The molecule has 4 heteroatoms. The van der Waals surface area contributed by atoms with E-state index in [2.05, 4.69) is 29.5 Å². The second kappa shape index (κ2) is 6.28. The number of amides is 1. The van der Waals surface area contributed by atoms with E-state index in [4.69, 9.17) is 10.5 Å². The predicted octanol–water partition coefficient (Wildman–Crippen LogP) is 2.10. The fourth-order valence-electron chi connectivity index (χ4n) is 0.767. The molecule has 3 nitrogen and oxygen atoms in total. The number of carbonyl (C=O) groups excluding carboxylic acids is 1. The van der Waals surface area contributed by atoms with Gasteiger partial charge in [-0.15, -0.1) is 0 Å². The van der Waals surface area contributed by atoms with E-state index < -0.39 is 6.09 Å².